The van der Waals surface area contributed by atoms with Gasteiger partial charge in [0.1, 0.15) is 0 Å². The summed E-state index contributed by atoms with van der Waals surface area (Å²) in [6.45, 7) is 5.33. The smallest absolute Gasteiger partial charge is 0.193 e. The summed E-state index contributed by atoms with van der Waals surface area (Å²) in [5.74, 6) is 1.20. The van der Waals surface area contributed by atoms with Gasteiger partial charge in [-0.2, -0.15) is 0 Å². The number of anilines is 1. The predicted molar refractivity (Wildman–Crippen MR) is 86.2 cm³/mol. The van der Waals surface area contributed by atoms with Gasteiger partial charge in [0.15, 0.2) is 5.96 Å². The van der Waals surface area contributed by atoms with Crippen LogP contribution in [-0.2, 0) is 6.42 Å². The van der Waals surface area contributed by atoms with Crippen molar-refractivity contribution in [3.05, 3.63) is 29.8 Å². The molecule has 0 radical (unpaired) electrons. The monoisotopic (exact) mass is 274 g/mol. The summed E-state index contributed by atoms with van der Waals surface area (Å²) in [5, 5.41) is 3.16. The highest BCUT2D eigenvalue weighted by atomic mass is 15.1. The first-order valence-electron chi connectivity index (χ1n) is 7.51. The van der Waals surface area contributed by atoms with Crippen molar-refractivity contribution in [1.82, 2.24) is 4.90 Å². The molecule has 1 aliphatic rings. The second-order valence-corrected chi connectivity index (χ2v) is 5.65. The number of hydrogen-bond acceptors (Lipinski definition) is 2. The van der Waals surface area contributed by atoms with Crippen LogP contribution in [0, 0.1) is 5.92 Å². The van der Waals surface area contributed by atoms with Crippen molar-refractivity contribution in [3.8, 4) is 0 Å². The minimum atomic E-state index is 0.521. The number of nitrogens with zero attached hydrogens (tertiary/aromatic N) is 2. The van der Waals surface area contributed by atoms with E-state index in [0.717, 1.165) is 18.7 Å². The third-order valence-electron chi connectivity index (χ3n) is 3.99. The van der Waals surface area contributed by atoms with Crippen LogP contribution in [0.4, 0.5) is 5.69 Å². The summed E-state index contributed by atoms with van der Waals surface area (Å²) in [5.41, 5.74) is 8.29. The van der Waals surface area contributed by atoms with Crippen molar-refractivity contribution >= 4 is 11.6 Å². The maximum atomic E-state index is 5.95. The molecule has 0 spiro atoms. The Kier molecular flexibility index (Phi) is 5.41. The average Bonchev–Trinajstić information content (AvgIpc) is 2.47. The van der Waals surface area contributed by atoms with Gasteiger partial charge in [-0.25, -0.2) is 0 Å². The van der Waals surface area contributed by atoms with Crippen molar-refractivity contribution in [2.45, 2.75) is 26.2 Å². The molecule has 0 unspecified atom stereocenters. The molecule has 1 aromatic rings. The Morgan fingerprint density at radius 1 is 1.30 bits per heavy atom. The molecule has 0 aromatic heterocycles. The van der Waals surface area contributed by atoms with Gasteiger partial charge in [0.2, 0.25) is 0 Å². The lowest BCUT2D eigenvalue weighted by Gasteiger charge is -2.27. The van der Waals surface area contributed by atoms with E-state index >= 15 is 0 Å². The van der Waals surface area contributed by atoms with Crippen LogP contribution in [0.5, 0.6) is 0 Å². The summed E-state index contributed by atoms with van der Waals surface area (Å²) in [6, 6.07) is 8.34. The van der Waals surface area contributed by atoms with Crippen LogP contribution in [0.3, 0.4) is 0 Å². The predicted octanol–water partition coefficient (Wildman–Crippen LogP) is 2.32. The minimum Gasteiger partial charge on any atom is -0.370 e. The van der Waals surface area contributed by atoms with Crippen LogP contribution < -0.4 is 11.1 Å². The summed E-state index contributed by atoms with van der Waals surface area (Å²) in [6.07, 6.45) is 3.50. The fourth-order valence-corrected chi connectivity index (χ4v) is 2.48. The van der Waals surface area contributed by atoms with Gasteiger partial charge in [-0.05, 0) is 63.0 Å². The number of likely N-dealkylation sites (tertiary alicyclic amines) is 1. The molecule has 1 heterocycles. The molecular weight excluding hydrogens is 248 g/mol. The number of guanidine groups is 1. The Hall–Kier alpha value is -1.55. The maximum Gasteiger partial charge on any atom is 0.193 e. The molecule has 4 nitrogen and oxygen atoms in total. The molecule has 0 amide bonds. The Labute approximate surface area is 122 Å². The molecule has 0 saturated carbocycles. The number of nitrogens with two attached hydrogens (primary N) is 1. The molecular formula is C16H26N4. The maximum absolute atomic E-state index is 5.95. The zero-order chi connectivity index (χ0) is 14.4. The zero-order valence-corrected chi connectivity index (χ0v) is 12.6. The van der Waals surface area contributed by atoms with E-state index in [0.29, 0.717) is 11.9 Å². The quantitative estimate of drug-likeness (QED) is 0.654. The van der Waals surface area contributed by atoms with Crippen LogP contribution in [-0.4, -0.2) is 37.5 Å². The van der Waals surface area contributed by atoms with Crippen molar-refractivity contribution < 1.29 is 0 Å². The summed E-state index contributed by atoms with van der Waals surface area (Å²) in [7, 11) is 2.18. The highest BCUT2D eigenvalue weighted by molar-refractivity contribution is 5.92. The lowest BCUT2D eigenvalue weighted by Crippen LogP contribution is -2.32. The first-order chi connectivity index (χ1) is 9.67. The number of aryl methyl sites for hydroxylation is 1. The topological polar surface area (TPSA) is 53.6 Å². The molecule has 0 aliphatic carbocycles. The molecule has 110 valence electrons. The third kappa shape index (κ3) is 4.53. The normalized spacial score (nSPS) is 18.2. The van der Waals surface area contributed by atoms with E-state index in [1.165, 1.54) is 31.5 Å². The first kappa shape index (κ1) is 14.9. The van der Waals surface area contributed by atoms with E-state index in [1.54, 1.807) is 0 Å². The van der Waals surface area contributed by atoms with E-state index in [4.69, 9.17) is 5.73 Å². The van der Waals surface area contributed by atoms with Crippen LogP contribution in [0.2, 0.25) is 0 Å². The Bertz CT molecular complexity index is 430. The van der Waals surface area contributed by atoms with E-state index in [-0.39, 0.29) is 0 Å². The number of aliphatic imine (C=N–C) groups is 1. The number of nitrogens with one attached hydrogen (secondary N) is 1. The Morgan fingerprint density at radius 2 is 1.95 bits per heavy atom. The summed E-state index contributed by atoms with van der Waals surface area (Å²) >= 11 is 0. The fourth-order valence-electron chi connectivity index (χ4n) is 2.48. The number of piperidine rings is 1. The van der Waals surface area contributed by atoms with Crippen LogP contribution >= 0.6 is 0 Å². The Morgan fingerprint density at radius 3 is 2.55 bits per heavy atom. The number of rotatable bonds is 4. The molecule has 20 heavy (non-hydrogen) atoms. The lowest BCUT2D eigenvalue weighted by atomic mass is 9.97. The highest BCUT2D eigenvalue weighted by Crippen LogP contribution is 2.16. The van der Waals surface area contributed by atoms with E-state index in [9.17, 15) is 0 Å². The molecule has 1 fully saturated rings. The van der Waals surface area contributed by atoms with Crippen molar-refractivity contribution in [2.24, 2.45) is 16.6 Å². The van der Waals surface area contributed by atoms with Crippen LogP contribution in [0.15, 0.2) is 29.3 Å². The third-order valence-corrected chi connectivity index (χ3v) is 3.99. The van der Waals surface area contributed by atoms with Crippen molar-refractivity contribution in [3.63, 3.8) is 0 Å². The lowest BCUT2D eigenvalue weighted by molar-refractivity contribution is 0.224. The Balaban J connectivity index is 1.81. The summed E-state index contributed by atoms with van der Waals surface area (Å²) in [4.78, 5) is 6.85. The summed E-state index contributed by atoms with van der Waals surface area (Å²) < 4.78 is 0. The first-order valence-corrected chi connectivity index (χ1v) is 7.51. The second kappa shape index (κ2) is 7.29. The molecule has 3 N–H and O–H groups in total. The fraction of sp³-hybridized carbons (Fsp3) is 0.562. The molecule has 0 bridgehead atoms. The van der Waals surface area contributed by atoms with Gasteiger partial charge in [0, 0.05) is 12.2 Å². The van der Waals surface area contributed by atoms with Gasteiger partial charge in [0.25, 0.3) is 0 Å². The van der Waals surface area contributed by atoms with Crippen LogP contribution in [0.25, 0.3) is 0 Å². The molecule has 1 saturated heterocycles. The molecule has 1 aromatic carbocycles. The second-order valence-electron chi connectivity index (χ2n) is 5.65. The van der Waals surface area contributed by atoms with Gasteiger partial charge in [-0.1, -0.05) is 19.1 Å². The molecule has 0 atom stereocenters. The van der Waals surface area contributed by atoms with Gasteiger partial charge in [0.05, 0.1) is 0 Å². The van der Waals surface area contributed by atoms with Gasteiger partial charge in [-0.15, -0.1) is 0 Å². The number of hydrogen-bond donors (Lipinski definition) is 2. The highest BCUT2D eigenvalue weighted by Gasteiger charge is 2.15. The van der Waals surface area contributed by atoms with Crippen molar-refractivity contribution in [2.75, 3.05) is 32.0 Å². The zero-order valence-electron chi connectivity index (χ0n) is 12.6. The number of benzene rings is 1. The molecule has 4 heteroatoms. The minimum absolute atomic E-state index is 0.521. The van der Waals surface area contributed by atoms with E-state index in [2.05, 4.69) is 53.4 Å². The SMILES string of the molecule is CCc1ccc(NC(N)=NCC2CCN(C)CC2)cc1. The van der Waals surface area contributed by atoms with Crippen LogP contribution in [0.1, 0.15) is 25.3 Å². The molecule has 2 rings (SSSR count). The van der Waals surface area contributed by atoms with Gasteiger partial charge in [-0.3, -0.25) is 4.99 Å². The van der Waals surface area contributed by atoms with E-state index < -0.39 is 0 Å². The van der Waals surface area contributed by atoms with Gasteiger partial charge < -0.3 is 16.0 Å². The van der Waals surface area contributed by atoms with Gasteiger partial charge >= 0.3 is 0 Å². The van der Waals surface area contributed by atoms with Crippen molar-refractivity contribution in [1.29, 1.82) is 0 Å². The standard InChI is InChI=1S/C16H26N4/c1-3-13-4-6-15(7-5-13)19-16(17)18-12-14-8-10-20(2)11-9-14/h4-7,14H,3,8-12H2,1-2H3,(H3,17,18,19). The average molecular weight is 274 g/mol. The largest absolute Gasteiger partial charge is 0.370 e. The molecule has 1 aliphatic heterocycles. The van der Waals surface area contributed by atoms with E-state index in [1.807, 2.05) is 0 Å².